The number of rotatable bonds is 1. The molecule has 0 amide bonds. The molecule has 0 saturated heterocycles. The maximum absolute atomic E-state index is 5.09. The summed E-state index contributed by atoms with van der Waals surface area (Å²) < 4.78 is 4.45. The van der Waals surface area contributed by atoms with Gasteiger partial charge in [-0.15, -0.1) is 0 Å². The number of hydrogen-bond acceptors (Lipinski definition) is 2. The molecule has 0 N–H and O–H groups in total. The molecule has 0 aliphatic carbocycles. The minimum atomic E-state index is 0.610. The Hall–Kier alpha value is -0.760. The van der Waals surface area contributed by atoms with E-state index in [-0.39, 0.29) is 0 Å². The van der Waals surface area contributed by atoms with Crippen molar-refractivity contribution in [2.24, 2.45) is 0 Å². The molecule has 1 aromatic heterocycles. The minimum Gasteiger partial charge on any atom is -0.384 e. The second kappa shape index (κ2) is 2.69. The van der Waals surface area contributed by atoms with Crippen molar-refractivity contribution in [1.29, 1.82) is 0 Å². The van der Waals surface area contributed by atoms with Crippen LogP contribution in [0.3, 0.4) is 0 Å². The summed E-state index contributed by atoms with van der Waals surface area (Å²) >= 11 is 5.09. The van der Waals surface area contributed by atoms with Crippen LogP contribution in [0, 0.1) is 6.92 Å². The Balaban J connectivity index is 3.01. The van der Waals surface area contributed by atoms with Crippen molar-refractivity contribution in [2.45, 2.75) is 6.92 Å². The van der Waals surface area contributed by atoms with Crippen molar-refractivity contribution in [3.63, 3.8) is 0 Å². The molecule has 2 nitrogen and oxygen atoms in total. The van der Waals surface area contributed by atoms with Gasteiger partial charge in [0.05, 0.1) is 5.69 Å². The quantitative estimate of drug-likeness (QED) is 0.599. The van der Waals surface area contributed by atoms with Crippen molar-refractivity contribution < 1.29 is 4.29 Å². The van der Waals surface area contributed by atoms with Crippen LogP contribution in [0.5, 0.6) is 5.75 Å². The summed E-state index contributed by atoms with van der Waals surface area (Å²) in [4.78, 5) is 3.94. The van der Waals surface area contributed by atoms with E-state index >= 15 is 0 Å². The Bertz CT molecular complexity index is 202. The number of nitrogens with zero attached hydrogens (tertiary/aromatic N) is 1. The third-order valence-corrected chi connectivity index (χ3v) is 1.21. The molecule has 0 unspecified atom stereocenters. The Morgan fingerprint density at radius 2 is 2.44 bits per heavy atom. The Kier molecular flexibility index (Phi) is 1.90. The fraction of sp³-hybridized carbons (Fsp3) is 0.167. The van der Waals surface area contributed by atoms with Crippen LogP contribution in [0.1, 0.15) is 5.69 Å². The van der Waals surface area contributed by atoms with E-state index in [4.69, 9.17) is 11.9 Å². The van der Waals surface area contributed by atoms with E-state index in [0.29, 0.717) is 5.75 Å². The monoisotopic (exact) mass is 143 g/mol. The summed E-state index contributed by atoms with van der Waals surface area (Å²) in [5.74, 6) is 0.610. The van der Waals surface area contributed by atoms with E-state index < -0.39 is 0 Å². The van der Waals surface area contributed by atoms with Gasteiger partial charge in [0.1, 0.15) is 11.9 Å². The summed E-state index contributed by atoms with van der Waals surface area (Å²) in [6.45, 7) is 1.83. The molecule has 0 atom stereocenters. The van der Waals surface area contributed by atoms with Gasteiger partial charge in [-0.05, 0) is 19.1 Å². The average Bonchev–Trinajstić information content (AvgIpc) is 1.89. The lowest BCUT2D eigenvalue weighted by atomic mass is 10.3. The van der Waals surface area contributed by atoms with Gasteiger partial charge in [0.25, 0.3) is 0 Å². The summed E-state index contributed by atoms with van der Waals surface area (Å²) in [6, 6.07) is 3.53. The molecule has 48 valence electrons. The summed E-state index contributed by atoms with van der Waals surface area (Å²) in [5.41, 5.74) is 0.799. The maximum Gasteiger partial charge on any atom is 0.167 e. The van der Waals surface area contributed by atoms with E-state index in [1.54, 1.807) is 18.3 Å². The number of aromatic nitrogens is 1. The highest BCUT2D eigenvalue weighted by atomic mass is 35.5. The molecular formula is C6H6ClNO. The van der Waals surface area contributed by atoms with Crippen LogP contribution in [0.25, 0.3) is 0 Å². The van der Waals surface area contributed by atoms with Crippen molar-refractivity contribution >= 4 is 11.9 Å². The molecule has 9 heavy (non-hydrogen) atoms. The molecule has 0 radical (unpaired) electrons. The number of hydrogen-bond donors (Lipinski definition) is 0. The number of halogens is 1. The van der Waals surface area contributed by atoms with Gasteiger partial charge in [-0.25, -0.2) is 0 Å². The van der Waals surface area contributed by atoms with Gasteiger partial charge in [0.2, 0.25) is 0 Å². The third kappa shape index (κ3) is 1.33. The first-order chi connectivity index (χ1) is 4.34. The Labute approximate surface area is 58.6 Å². The molecular weight excluding hydrogens is 138 g/mol. The van der Waals surface area contributed by atoms with Gasteiger partial charge in [0, 0.05) is 6.20 Å². The molecule has 0 spiro atoms. The Morgan fingerprint density at radius 3 is 2.89 bits per heavy atom. The van der Waals surface area contributed by atoms with E-state index in [9.17, 15) is 0 Å². The standard InChI is InChI=1S/C6H6ClNO/c1-5-6(9-7)3-2-4-8-5/h2-4H,1H3. The van der Waals surface area contributed by atoms with Crippen LogP contribution < -0.4 is 4.29 Å². The van der Waals surface area contributed by atoms with E-state index in [1.807, 2.05) is 6.92 Å². The largest absolute Gasteiger partial charge is 0.384 e. The van der Waals surface area contributed by atoms with Gasteiger partial charge in [0.15, 0.2) is 5.75 Å². The SMILES string of the molecule is Cc1ncccc1OCl. The second-order valence-electron chi connectivity index (χ2n) is 1.66. The zero-order chi connectivity index (χ0) is 6.69. The fourth-order valence-electron chi connectivity index (χ4n) is 0.551. The van der Waals surface area contributed by atoms with Gasteiger partial charge in [-0.3, -0.25) is 4.98 Å². The molecule has 3 heteroatoms. The van der Waals surface area contributed by atoms with Gasteiger partial charge in [-0.2, -0.15) is 0 Å². The maximum atomic E-state index is 5.09. The van der Waals surface area contributed by atoms with Crippen LogP contribution >= 0.6 is 11.9 Å². The molecule has 0 saturated carbocycles. The normalized spacial score (nSPS) is 9.11. The molecule has 1 rings (SSSR count). The molecule has 0 fully saturated rings. The smallest absolute Gasteiger partial charge is 0.167 e. The molecule has 0 aliphatic heterocycles. The van der Waals surface area contributed by atoms with Crippen LogP contribution in [0.15, 0.2) is 18.3 Å². The first kappa shape index (κ1) is 6.36. The summed E-state index contributed by atoms with van der Waals surface area (Å²) in [6.07, 6.45) is 1.69. The van der Waals surface area contributed by atoms with Gasteiger partial charge >= 0.3 is 0 Å². The number of pyridine rings is 1. The highest BCUT2D eigenvalue weighted by Gasteiger charge is 1.94. The molecule has 0 bridgehead atoms. The summed E-state index contributed by atoms with van der Waals surface area (Å²) in [7, 11) is 0. The van der Waals surface area contributed by atoms with E-state index in [2.05, 4.69) is 9.27 Å². The van der Waals surface area contributed by atoms with E-state index in [1.165, 1.54) is 0 Å². The predicted molar refractivity (Wildman–Crippen MR) is 35.5 cm³/mol. The highest BCUT2D eigenvalue weighted by Crippen LogP contribution is 2.13. The molecule has 1 aromatic rings. The zero-order valence-corrected chi connectivity index (χ0v) is 5.72. The van der Waals surface area contributed by atoms with Crippen molar-refractivity contribution in [1.82, 2.24) is 4.98 Å². The number of aryl methyl sites for hydroxylation is 1. The van der Waals surface area contributed by atoms with Crippen LogP contribution in [-0.2, 0) is 0 Å². The lowest BCUT2D eigenvalue weighted by molar-refractivity contribution is 0.608. The van der Waals surface area contributed by atoms with Gasteiger partial charge in [-0.1, -0.05) is 0 Å². The van der Waals surface area contributed by atoms with Crippen molar-refractivity contribution in [3.8, 4) is 5.75 Å². The highest BCUT2D eigenvalue weighted by molar-refractivity contribution is 6.09. The summed E-state index contributed by atoms with van der Waals surface area (Å²) in [5, 5.41) is 0. The zero-order valence-electron chi connectivity index (χ0n) is 4.97. The minimum absolute atomic E-state index is 0.610. The van der Waals surface area contributed by atoms with Crippen LogP contribution in [0.4, 0.5) is 0 Å². The predicted octanol–water partition coefficient (Wildman–Crippen LogP) is 1.92. The first-order valence-corrected chi connectivity index (χ1v) is 2.85. The first-order valence-electron chi connectivity index (χ1n) is 2.55. The third-order valence-electron chi connectivity index (χ3n) is 1.04. The molecule has 0 aromatic carbocycles. The molecule has 1 heterocycles. The lowest BCUT2D eigenvalue weighted by Gasteiger charge is -1.96. The lowest BCUT2D eigenvalue weighted by Crippen LogP contribution is -1.82. The fourth-order valence-corrected chi connectivity index (χ4v) is 0.714. The van der Waals surface area contributed by atoms with E-state index in [0.717, 1.165) is 5.69 Å². The van der Waals surface area contributed by atoms with Crippen molar-refractivity contribution in [3.05, 3.63) is 24.0 Å². The average molecular weight is 144 g/mol. The Morgan fingerprint density at radius 1 is 1.67 bits per heavy atom. The van der Waals surface area contributed by atoms with Crippen LogP contribution in [0.2, 0.25) is 0 Å². The molecule has 0 aliphatic rings. The second-order valence-corrected chi connectivity index (χ2v) is 1.82. The van der Waals surface area contributed by atoms with Gasteiger partial charge < -0.3 is 4.29 Å². The topological polar surface area (TPSA) is 22.1 Å². The van der Waals surface area contributed by atoms with Crippen molar-refractivity contribution in [2.75, 3.05) is 0 Å². The van der Waals surface area contributed by atoms with Crippen LogP contribution in [-0.4, -0.2) is 4.98 Å².